The van der Waals surface area contributed by atoms with E-state index in [2.05, 4.69) is 70.5 Å². The van der Waals surface area contributed by atoms with Gasteiger partial charge in [0.05, 0.1) is 5.69 Å². The molecule has 1 fully saturated rings. The van der Waals surface area contributed by atoms with E-state index in [9.17, 15) is 0 Å². The molecule has 4 aromatic rings. The molecular weight excluding hydrogens is 384 g/mol. The Labute approximate surface area is 181 Å². The van der Waals surface area contributed by atoms with Crippen LogP contribution in [0.5, 0.6) is 0 Å². The van der Waals surface area contributed by atoms with Crippen LogP contribution in [0.2, 0.25) is 0 Å². The van der Waals surface area contributed by atoms with E-state index in [0.29, 0.717) is 5.89 Å². The maximum Gasteiger partial charge on any atom is 0.242 e. The van der Waals surface area contributed by atoms with Crippen LogP contribution in [-0.2, 0) is 13.0 Å². The number of aromatic nitrogens is 1. The number of para-hydroxylation sites is 1. The summed E-state index contributed by atoms with van der Waals surface area (Å²) in [5.74, 6) is 0.635. The first-order valence-electron chi connectivity index (χ1n) is 10.9. The summed E-state index contributed by atoms with van der Waals surface area (Å²) >= 11 is 0. The number of aliphatic imine (C=N–C) groups is 1. The highest BCUT2D eigenvalue weighted by atomic mass is 16.3. The van der Waals surface area contributed by atoms with E-state index >= 15 is 0 Å². The molecule has 0 aliphatic carbocycles. The second-order valence-corrected chi connectivity index (χ2v) is 8.28. The maximum absolute atomic E-state index is 6.14. The van der Waals surface area contributed by atoms with Crippen molar-refractivity contribution in [2.75, 3.05) is 31.1 Å². The van der Waals surface area contributed by atoms with E-state index in [4.69, 9.17) is 14.4 Å². The van der Waals surface area contributed by atoms with Crippen LogP contribution in [0.4, 0.5) is 11.4 Å². The van der Waals surface area contributed by atoms with Crippen molar-refractivity contribution in [3.63, 3.8) is 0 Å². The van der Waals surface area contributed by atoms with Gasteiger partial charge < -0.3 is 9.32 Å². The molecule has 2 aliphatic rings. The molecule has 2 aliphatic heterocycles. The Hall–Kier alpha value is -3.44. The molecule has 0 N–H and O–H groups in total. The van der Waals surface area contributed by atoms with Crippen LogP contribution in [0.25, 0.3) is 11.1 Å². The quantitative estimate of drug-likeness (QED) is 0.485. The van der Waals surface area contributed by atoms with Gasteiger partial charge >= 0.3 is 0 Å². The summed E-state index contributed by atoms with van der Waals surface area (Å²) in [7, 11) is 0. The average molecular weight is 409 g/mol. The number of hydrogen-bond acceptors (Lipinski definition) is 5. The first-order chi connectivity index (χ1) is 15.3. The van der Waals surface area contributed by atoms with Crippen LogP contribution < -0.4 is 4.90 Å². The van der Waals surface area contributed by atoms with E-state index in [-0.39, 0.29) is 0 Å². The van der Waals surface area contributed by atoms with Crippen molar-refractivity contribution in [3.05, 3.63) is 89.8 Å². The van der Waals surface area contributed by atoms with Gasteiger partial charge in [0.15, 0.2) is 5.58 Å². The fraction of sp³-hybridized carbons (Fsp3) is 0.231. The molecule has 6 rings (SSSR count). The Morgan fingerprint density at radius 1 is 0.839 bits per heavy atom. The van der Waals surface area contributed by atoms with Gasteiger partial charge in [-0.2, -0.15) is 0 Å². The lowest BCUT2D eigenvalue weighted by atomic mass is 10.1. The Morgan fingerprint density at radius 2 is 1.65 bits per heavy atom. The third-order valence-electron chi connectivity index (χ3n) is 6.21. The molecule has 0 spiro atoms. The first kappa shape index (κ1) is 18.3. The Kier molecular flexibility index (Phi) is 4.54. The Morgan fingerprint density at radius 3 is 2.48 bits per heavy atom. The van der Waals surface area contributed by atoms with Crippen molar-refractivity contribution in [3.8, 4) is 0 Å². The smallest absolute Gasteiger partial charge is 0.242 e. The van der Waals surface area contributed by atoms with Crippen LogP contribution in [0.15, 0.2) is 82.2 Å². The summed E-state index contributed by atoms with van der Waals surface area (Å²) in [5.41, 5.74) is 7.46. The lowest BCUT2D eigenvalue weighted by molar-refractivity contribution is 0.250. The lowest BCUT2D eigenvalue weighted by Crippen LogP contribution is -2.45. The van der Waals surface area contributed by atoms with Gasteiger partial charge in [-0.25, -0.2) is 9.98 Å². The molecular formula is C26H24N4O. The van der Waals surface area contributed by atoms with Crippen molar-refractivity contribution >= 4 is 28.2 Å². The molecule has 154 valence electrons. The van der Waals surface area contributed by atoms with Gasteiger partial charge in [0.1, 0.15) is 11.2 Å². The van der Waals surface area contributed by atoms with E-state index in [1.54, 1.807) is 0 Å². The Balaban J connectivity index is 1.16. The summed E-state index contributed by atoms with van der Waals surface area (Å²) in [4.78, 5) is 14.4. The largest absolute Gasteiger partial charge is 0.435 e. The molecule has 0 bridgehead atoms. The second kappa shape index (κ2) is 7.67. The molecule has 3 heterocycles. The number of rotatable bonds is 4. The van der Waals surface area contributed by atoms with Gasteiger partial charge in [0.25, 0.3) is 0 Å². The van der Waals surface area contributed by atoms with Crippen LogP contribution in [0.1, 0.15) is 17.0 Å². The van der Waals surface area contributed by atoms with Gasteiger partial charge in [0.2, 0.25) is 5.89 Å². The predicted octanol–water partition coefficient (Wildman–Crippen LogP) is 4.83. The van der Waals surface area contributed by atoms with Crippen LogP contribution in [0, 0.1) is 0 Å². The zero-order chi connectivity index (χ0) is 20.6. The topological polar surface area (TPSA) is 44.9 Å². The van der Waals surface area contributed by atoms with Crippen molar-refractivity contribution in [1.29, 1.82) is 0 Å². The zero-order valence-corrected chi connectivity index (χ0v) is 17.4. The van der Waals surface area contributed by atoms with Crippen LogP contribution in [0.3, 0.4) is 0 Å². The van der Waals surface area contributed by atoms with Crippen molar-refractivity contribution in [1.82, 2.24) is 9.88 Å². The van der Waals surface area contributed by atoms with Gasteiger partial charge in [-0.05, 0) is 29.3 Å². The minimum Gasteiger partial charge on any atom is -0.435 e. The van der Waals surface area contributed by atoms with E-state index in [1.165, 1.54) is 16.8 Å². The highest BCUT2D eigenvalue weighted by Crippen LogP contribution is 2.30. The maximum atomic E-state index is 6.14. The molecule has 31 heavy (non-hydrogen) atoms. The van der Waals surface area contributed by atoms with Gasteiger partial charge in [-0.15, -0.1) is 0 Å². The molecule has 5 nitrogen and oxygen atoms in total. The SMILES string of the molecule is c1ccc(CN2CCN(c3ccc4nc(C5=Nc6ccccc6C5)oc4c3)CC2)cc1. The highest BCUT2D eigenvalue weighted by Gasteiger charge is 2.22. The third kappa shape index (κ3) is 3.62. The number of fused-ring (bicyclic) bond motifs is 2. The molecule has 5 heteroatoms. The van der Waals surface area contributed by atoms with Crippen molar-refractivity contribution in [2.45, 2.75) is 13.0 Å². The minimum atomic E-state index is 0.635. The molecule has 1 aromatic heterocycles. The molecule has 3 aromatic carbocycles. The minimum absolute atomic E-state index is 0.635. The zero-order valence-electron chi connectivity index (χ0n) is 17.4. The molecule has 0 unspecified atom stereocenters. The predicted molar refractivity (Wildman–Crippen MR) is 124 cm³/mol. The fourth-order valence-electron chi connectivity index (χ4n) is 4.50. The third-order valence-corrected chi connectivity index (χ3v) is 6.21. The normalized spacial score (nSPS) is 16.5. The first-order valence-corrected chi connectivity index (χ1v) is 10.9. The summed E-state index contributed by atoms with van der Waals surface area (Å²) in [6.07, 6.45) is 0.777. The lowest BCUT2D eigenvalue weighted by Gasteiger charge is -2.36. The number of hydrogen-bond donors (Lipinski definition) is 0. The number of piperazine rings is 1. The van der Waals surface area contributed by atoms with Gasteiger partial charge in [-0.1, -0.05) is 48.5 Å². The van der Waals surface area contributed by atoms with E-state index in [0.717, 1.165) is 61.6 Å². The summed E-state index contributed by atoms with van der Waals surface area (Å²) in [6.45, 7) is 5.17. The van der Waals surface area contributed by atoms with Crippen LogP contribution >= 0.6 is 0 Å². The molecule has 0 radical (unpaired) electrons. The molecule has 1 saturated heterocycles. The van der Waals surface area contributed by atoms with E-state index in [1.807, 2.05) is 12.1 Å². The number of anilines is 1. The van der Waals surface area contributed by atoms with Crippen molar-refractivity contribution in [2.24, 2.45) is 4.99 Å². The summed E-state index contributed by atoms with van der Waals surface area (Å²) in [6, 6.07) is 25.3. The average Bonchev–Trinajstić information content (AvgIpc) is 3.44. The summed E-state index contributed by atoms with van der Waals surface area (Å²) in [5, 5.41) is 0. The van der Waals surface area contributed by atoms with Gasteiger partial charge in [0, 0.05) is 50.9 Å². The molecule has 0 atom stereocenters. The molecule has 0 amide bonds. The van der Waals surface area contributed by atoms with Crippen molar-refractivity contribution < 1.29 is 4.42 Å². The van der Waals surface area contributed by atoms with Gasteiger partial charge in [-0.3, -0.25) is 4.90 Å². The number of benzene rings is 3. The molecule has 0 saturated carbocycles. The van der Waals surface area contributed by atoms with E-state index < -0.39 is 0 Å². The standard InChI is InChI=1S/C26H24N4O/c1-2-6-19(7-3-1)18-29-12-14-30(15-13-29)21-10-11-23-25(17-21)31-26(28-23)24-16-20-8-4-5-9-22(20)27-24/h1-11,17H,12-16,18H2. The second-order valence-electron chi connectivity index (χ2n) is 8.28. The Bertz CT molecular complexity index is 1250. The number of nitrogens with zero attached hydrogens (tertiary/aromatic N) is 4. The number of oxazole rings is 1. The summed E-state index contributed by atoms with van der Waals surface area (Å²) < 4.78 is 6.14. The monoisotopic (exact) mass is 408 g/mol. The fourth-order valence-corrected chi connectivity index (χ4v) is 4.50. The van der Waals surface area contributed by atoms with Crippen LogP contribution in [-0.4, -0.2) is 41.8 Å². The highest BCUT2D eigenvalue weighted by molar-refractivity contribution is 6.04.